The van der Waals surface area contributed by atoms with Crippen LogP contribution in [0.25, 0.3) is 0 Å². The predicted molar refractivity (Wildman–Crippen MR) is 64.6 cm³/mol. The molecule has 0 heterocycles. The van der Waals surface area contributed by atoms with Gasteiger partial charge in [0.15, 0.2) is 0 Å². The number of halogens is 1. The Labute approximate surface area is 101 Å². The molecule has 0 N–H and O–H groups in total. The van der Waals surface area contributed by atoms with Gasteiger partial charge in [0.1, 0.15) is 0 Å². The molecule has 0 aliphatic rings. The first-order valence-corrected chi connectivity index (χ1v) is 6.70. The van der Waals surface area contributed by atoms with Crippen molar-refractivity contribution in [2.24, 2.45) is 0 Å². The largest absolute Gasteiger partial charge is 0.448 e. The van der Waals surface area contributed by atoms with Crippen molar-refractivity contribution in [1.82, 2.24) is 0 Å². The maximum Gasteiger partial charge on any atom is 0.427 e. The molecule has 4 nitrogen and oxygen atoms in total. The predicted octanol–water partition coefficient (Wildman–Crippen LogP) is 2.86. The summed E-state index contributed by atoms with van der Waals surface area (Å²) in [6.07, 6.45) is -0.00934. The molecule has 0 aliphatic carbocycles. The molecule has 0 aromatic heterocycles. The van der Waals surface area contributed by atoms with Crippen LogP contribution in [0.4, 0.5) is 10.5 Å². The molecule has 88 valence electrons. The minimum Gasteiger partial charge on any atom is -0.448 e. The van der Waals surface area contributed by atoms with Crippen molar-refractivity contribution in [3.63, 3.8) is 0 Å². The molecule has 16 heavy (non-hydrogen) atoms. The SMILES string of the molecule is CCCOC(=O)N(c1ccccc1)S(=O)Cl. The minimum atomic E-state index is -1.96. The third kappa shape index (κ3) is 3.50. The van der Waals surface area contributed by atoms with E-state index in [-0.39, 0.29) is 6.61 Å². The number of carbonyl (C=O) groups excluding carboxylic acids is 1. The Kier molecular flexibility index (Phi) is 5.28. The topological polar surface area (TPSA) is 46.6 Å². The summed E-state index contributed by atoms with van der Waals surface area (Å²) < 4.78 is 17.0. The lowest BCUT2D eigenvalue weighted by atomic mass is 10.3. The highest BCUT2D eigenvalue weighted by Gasteiger charge is 2.21. The van der Waals surface area contributed by atoms with Crippen molar-refractivity contribution in [2.75, 3.05) is 10.9 Å². The fraction of sp³-hybridized carbons (Fsp3) is 0.300. The number of rotatable bonds is 4. The van der Waals surface area contributed by atoms with E-state index in [0.717, 1.165) is 4.31 Å². The molecule has 6 heteroatoms. The van der Waals surface area contributed by atoms with Gasteiger partial charge in [0, 0.05) is 10.7 Å². The normalized spacial score (nSPS) is 11.9. The van der Waals surface area contributed by atoms with E-state index in [1.807, 2.05) is 6.92 Å². The van der Waals surface area contributed by atoms with E-state index >= 15 is 0 Å². The Morgan fingerprint density at radius 3 is 2.56 bits per heavy atom. The summed E-state index contributed by atoms with van der Waals surface area (Å²) in [6.45, 7) is 2.15. The van der Waals surface area contributed by atoms with Gasteiger partial charge < -0.3 is 4.74 Å². The van der Waals surface area contributed by atoms with Crippen molar-refractivity contribution in [2.45, 2.75) is 13.3 Å². The standard InChI is InChI=1S/C10H12ClNO3S/c1-2-8-15-10(13)12(16(11)14)9-6-4-3-5-7-9/h3-7H,2,8H2,1H3. The number of ether oxygens (including phenoxy) is 1. The zero-order valence-corrected chi connectivity index (χ0v) is 10.3. The van der Waals surface area contributed by atoms with Gasteiger partial charge in [0.25, 0.3) is 0 Å². The van der Waals surface area contributed by atoms with Crippen molar-refractivity contribution in [3.8, 4) is 0 Å². The third-order valence-corrected chi connectivity index (χ3v) is 2.79. The van der Waals surface area contributed by atoms with Gasteiger partial charge in [-0.25, -0.2) is 9.00 Å². The van der Waals surface area contributed by atoms with Crippen molar-refractivity contribution in [3.05, 3.63) is 30.3 Å². The monoisotopic (exact) mass is 261 g/mol. The van der Waals surface area contributed by atoms with Gasteiger partial charge in [0.2, 0.25) is 10.2 Å². The van der Waals surface area contributed by atoms with E-state index in [1.165, 1.54) is 0 Å². The minimum absolute atomic E-state index is 0.274. The molecule has 0 saturated carbocycles. The molecule has 0 saturated heterocycles. The van der Waals surface area contributed by atoms with Crippen LogP contribution in [0.2, 0.25) is 0 Å². The van der Waals surface area contributed by atoms with Gasteiger partial charge in [0.05, 0.1) is 12.3 Å². The van der Waals surface area contributed by atoms with Crippen LogP contribution in [-0.4, -0.2) is 16.9 Å². The Hall–Kier alpha value is -1.07. The van der Waals surface area contributed by atoms with E-state index in [0.29, 0.717) is 12.1 Å². The van der Waals surface area contributed by atoms with Gasteiger partial charge >= 0.3 is 6.09 Å². The second-order valence-electron chi connectivity index (χ2n) is 2.95. The van der Waals surface area contributed by atoms with Crippen LogP contribution in [-0.2, 0) is 14.9 Å². The van der Waals surface area contributed by atoms with E-state index in [1.54, 1.807) is 30.3 Å². The van der Waals surface area contributed by atoms with E-state index in [4.69, 9.17) is 15.4 Å². The van der Waals surface area contributed by atoms with Crippen LogP contribution in [0, 0.1) is 0 Å². The fourth-order valence-corrected chi connectivity index (χ4v) is 1.92. The number of anilines is 1. The zero-order chi connectivity index (χ0) is 12.0. The first-order valence-electron chi connectivity index (χ1n) is 4.77. The lowest BCUT2D eigenvalue weighted by molar-refractivity contribution is 0.158. The highest BCUT2D eigenvalue weighted by Crippen LogP contribution is 2.18. The number of amides is 1. The number of hydrogen-bond acceptors (Lipinski definition) is 3. The molecule has 1 unspecified atom stereocenters. The van der Waals surface area contributed by atoms with Gasteiger partial charge in [-0.2, -0.15) is 4.31 Å². The molecular formula is C10H12ClNO3S. The Morgan fingerprint density at radius 1 is 1.44 bits per heavy atom. The summed E-state index contributed by atoms with van der Waals surface area (Å²) in [7, 11) is 3.49. The van der Waals surface area contributed by atoms with Crippen LogP contribution in [0.5, 0.6) is 0 Å². The lowest BCUT2D eigenvalue weighted by Crippen LogP contribution is -2.31. The molecule has 0 bridgehead atoms. The molecule has 0 spiro atoms. The smallest absolute Gasteiger partial charge is 0.427 e. The van der Waals surface area contributed by atoms with Crippen molar-refractivity contribution in [1.29, 1.82) is 0 Å². The Bertz CT molecular complexity index is 372. The quantitative estimate of drug-likeness (QED) is 0.783. The summed E-state index contributed by atoms with van der Waals surface area (Å²) in [6, 6.07) is 8.50. The molecule has 1 aromatic rings. The van der Waals surface area contributed by atoms with Crippen LogP contribution >= 0.6 is 10.7 Å². The molecular weight excluding hydrogens is 250 g/mol. The number of nitrogens with zero attached hydrogens (tertiary/aromatic N) is 1. The molecule has 1 amide bonds. The van der Waals surface area contributed by atoms with Crippen LogP contribution < -0.4 is 4.31 Å². The summed E-state index contributed by atoms with van der Waals surface area (Å²) in [5.41, 5.74) is 0.442. The van der Waals surface area contributed by atoms with E-state index in [2.05, 4.69) is 0 Å². The number of hydrogen-bond donors (Lipinski definition) is 0. The number of benzene rings is 1. The summed E-state index contributed by atoms with van der Waals surface area (Å²) >= 11 is 0. The molecule has 0 radical (unpaired) electrons. The highest BCUT2D eigenvalue weighted by molar-refractivity contribution is 8.09. The van der Waals surface area contributed by atoms with Crippen LogP contribution in [0.3, 0.4) is 0 Å². The molecule has 0 aliphatic heterocycles. The van der Waals surface area contributed by atoms with Gasteiger partial charge in [-0.05, 0) is 18.6 Å². The van der Waals surface area contributed by atoms with E-state index in [9.17, 15) is 9.00 Å². The van der Waals surface area contributed by atoms with E-state index < -0.39 is 16.3 Å². The second-order valence-corrected chi connectivity index (χ2v) is 4.52. The van der Waals surface area contributed by atoms with Crippen LogP contribution in [0.15, 0.2) is 30.3 Å². The van der Waals surface area contributed by atoms with Gasteiger partial charge in [-0.1, -0.05) is 25.1 Å². The number of carbonyl (C=O) groups is 1. The lowest BCUT2D eigenvalue weighted by Gasteiger charge is -2.17. The zero-order valence-electron chi connectivity index (χ0n) is 8.76. The summed E-state index contributed by atoms with van der Waals surface area (Å²) in [4.78, 5) is 11.6. The molecule has 1 rings (SSSR count). The Balaban J connectivity index is 2.84. The molecule has 1 atom stereocenters. The van der Waals surface area contributed by atoms with Crippen molar-refractivity contribution >= 4 is 32.7 Å². The van der Waals surface area contributed by atoms with Crippen molar-refractivity contribution < 1.29 is 13.7 Å². The first kappa shape index (κ1) is 13.0. The molecule has 0 fully saturated rings. The van der Waals surface area contributed by atoms with Gasteiger partial charge in [-0.15, -0.1) is 0 Å². The second kappa shape index (κ2) is 6.50. The molecule has 1 aromatic carbocycles. The maximum absolute atomic E-state index is 11.6. The average molecular weight is 262 g/mol. The fourth-order valence-electron chi connectivity index (χ4n) is 1.06. The maximum atomic E-state index is 11.6. The van der Waals surface area contributed by atoms with Gasteiger partial charge in [-0.3, -0.25) is 0 Å². The highest BCUT2D eigenvalue weighted by atomic mass is 35.7. The number of para-hydroxylation sites is 1. The Morgan fingerprint density at radius 2 is 2.06 bits per heavy atom. The third-order valence-electron chi connectivity index (χ3n) is 1.73. The summed E-state index contributed by atoms with van der Waals surface area (Å²) in [5, 5.41) is 0. The average Bonchev–Trinajstić information content (AvgIpc) is 2.27. The first-order chi connectivity index (χ1) is 7.66. The van der Waals surface area contributed by atoms with Crippen LogP contribution in [0.1, 0.15) is 13.3 Å². The summed E-state index contributed by atoms with van der Waals surface area (Å²) in [5.74, 6) is 0.